The van der Waals surface area contributed by atoms with Gasteiger partial charge in [-0.1, -0.05) is 26.8 Å². The van der Waals surface area contributed by atoms with Gasteiger partial charge in [0.1, 0.15) is 0 Å². The van der Waals surface area contributed by atoms with Crippen LogP contribution in [-0.4, -0.2) is 0 Å². The number of fused-ring (bicyclic) bond motifs is 1. The van der Waals surface area contributed by atoms with E-state index in [-0.39, 0.29) is 21.7 Å². The smallest absolute Gasteiger partial charge is 0 e. The van der Waals surface area contributed by atoms with Crippen LogP contribution in [0.15, 0.2) is 24.3 Å². The van der Waals surface area contributed by atoms with Gasteiger partial charge in [0, 0.05) is 21.7 Å². The summed E-state index contributed by atoms with van der Waals surface area (Å²) in [7, 11) is 0. The van der Waals surface area contributed by atoms with Crippen molar-refractivity contribution in [2.24, 2.45) is 0 Å². The third-order valence-electron chi connectivity index (χ3n) is 2.86. The van der Waals surface area contributed by atoms with E-state index in [0.717, 1.165) is 0 Å². The normalized spacial score (nSPS) is 10.1. The van der Waals surface area contributed by atoms with Crippen molar-refractivity contribution in [3.05, 3.63) is 41.0 Å². The standard InChI is InChI=1S/C12H13.Ti/c1-8-9(2)11-6-4-5-7-12(11)10(8)3;/h4-7H,1-3H3;/q-1;. The topological polar surface area (TPSA) is 0 Å². The molecule has 0 N–H and O–H groups in total. The Morgan fingerprint density at radius 1 is 1.08 bits per heavy atom. The average Bonchev–Trinajstić information content (AvgIpc) is 2.33. The second-order valence-electron chi connectivity index (χ2n) is 3.42. The maximum Gasteiger partial charge on any atom is 0 e. The largest absolute Gasteiger partial charge is 0.153 e. The van der Waals surface area contributed by atoms with Gasteiger partial charge in [-0.15, -0.1) is 40.1 Å². The molecule has 1 heteroatoms. The summed E-state index contributed by atoms with van der Waals surface area (Å²) in [5.74, 6) is 0. The van der Waals surface area contributed by atoms with Gasteiger partial charge in [-0.2, -0.15) is 5.56 Å². The second kappa shape index (κ2) is 3.73. The molecule has 0 heterocycles. The van der Waals surface area contributed by atoms with E-state index < -0.39 is 0 Å². The fraction of sp³-hybridized carbons (Fsp3) is 0.250. The van der Waals surface area contributed by atoms with Crippen molar-refractivity contribution in [1.82, 2.24) is 0 Å². The quantitative estimate of drug-likeness (QED) is 0.456. The Hall–Kier alpha value is -0.456. The van der Waals surface area contributed by atoms with E-state index >= 15 is 0 Å². The Balaban J connectivity index is 0.000000845. The molecule has 2 aromatic rings. The number of aryl methyl sites for hydroxylation is 2. The first-order valence-electron chi connectivity index (χ1n) is 4.33. The van der Waals surface area contributed by atoms with Crippen LogP contribution in [0.25, 0.3) is 10.8 Å². The van der Waals surface area contributed by atoms with Crippen LogP contribution in [0.3, 0.4) is 0 Å². The predicted molar refractivity (Wildman–Crippen MR) is 53.8 cm³/mol. The minimum Gasteiger partial charge on any atom is -0.153 e. The van der Waals surface area contributed by atoms with Crippen molar-refractivity contribution in [3.8, 4) is 0 Å². The van der Waals surface area contributed by atoms with Gasteiger partial charge in [0.2, 0.25) is 0 Å². The van der Waals surface area contributed by atoms with E-state index in [9.17, 15) is 0 Å². The van der Waals surface area contributed by atoms with Crippen LogP contribution in [-0.2, 0) is 21.7 Å². The second-order valence-corrected chi connectivity index (χ2v) is 3.42. The fourth-order valence-electron chi connectivity index (χ4n) is 1.82. The van der Waals surface area contributed by atoms with Crippen LogP contribution in [0, 0.1) is 20.8 Å². The molecule has 0 spiro atoms. The van der Waals surface area contributed by atoms with E-state index in [2.05, 4.69) is 45.0 Å². The zero-order valence-corrected chi connectivity index (χ0v) is 9.87. The third kappa shape index (κ3) is 1.49. The predicted octanol–water partition coefficient (Wildman–Crippen LogP) is 3.48. The van der Waals surface area contributed by atoms with Gasteiger partial charge in [0.15, 0.2) is 0 Å². The maximum atomic E-state index is 2.20. The van der Waals surface area contributed by atoms with Gasteiger partial charge in [0.05, 0.1) is 0 Å². The van der Waals surface area contributed by atoms with Crippen LogP contribution >= 0.6 is 0 Å². The molecule has 0 nitrogen and oxygen atoms in total. The first-order valence-corrected chi connectivity index (χ1v) is 4.33. The van der Waals surface area contributed by atoms with Gasteiger partial charge in [0.25, 0.3) is 0 Å². The molecular formula is C12H13Ti-. The molecule has 2 aromatic carbocycles. The summed E-state index contributed by atoms with van der Waals surface area (Å²) in [4.78, 5) is 0. The van der Waals surface area contributed by atoms with Gasteiger partial charge >= 0.3 is 0 Å². The molecule has 66 valence electrons. The van der Waals surface area contributed by atoms with Crippen molar-refractivity contribution in [1.29, 1.82) is 0 Å². The summed E-state index contributed by atoms with van der Waals surface area (Å²) in [5, 5.41) is 2.82. The van der Waals surface area contributed by atoms with E-state index in [1.807, 2.05) is 0 Å². The maximum absolute atomic E-state index is 2.20. The van der Waals surface area contributed by atoms with Crippen molar-refractivity contribution < 1.29 is 21.7 Å². The Morgan fingerprint density at radius 3 is 2.31 bits per heavy atom. The van der Waals surface area contributed by atoms with Gasteiger partial charge in [-0.05, 0) is 0 Å². The Labute approximate surface area is 94.2 Å². The van der Waals surface area contributed by atoms with E-state index in [0.29, 0.717) is 0 Å². The Morgan fingerprint density at radius 2 is 1.69 bits per heavy atom. The molecule has 0 aromatic heterocycles. The van der Waals surface area contributed by atoms with Crippen molar-refractivity contribution in [3.63, 3.8) is 0 Å². The fourth-order valence-corrected chi connectivity index (χ4v) is 1.82. The minimum absolute atomic E-state index is 0. The monoisotopic (exact) mass is 205 g/mol. The summed E-state index contributed by atoms with van der Waals surface area (Å²) in [6, 6.07) is 8.61. The number of rotatable bonds is 0. The first-order chi connectivity index (χ1) is 5.72. The SMILES string of the molecule is Cc1c(C)[c-](C)c2ccccc12.[Ti]. The molecular weight excluding hydrogens is 192 g/mol. The summed E-state index contributed by atoms with van der Waals surface area (Å²) in [6.07, 6.45) is 0. The van der Waals surface area contributed by atoms with Gasteiger partial charge in [-0.25, -0.2) is 0 Å². The zero-order chi connectivity index (χ0) is 8.72. The molecule has 13 heavy (non-hydrogen) atoms. The number of hydrogen-bond acceptors (Lipinski definition) is 0. The van der Waals surface area contributed by atoms with Crippen LogP contribution in [0.5, 0.6) is 0 Å². The molecule has 0 saturated heterocycles. The molecule has 0 radical (unpaired) electrons. The molecule has 0 atom stereocenters. The average molecular weight is 205 g/mol. The summed E-state index contributed by atoms with van der Waals surface area (Å²) in [6.45, 7) is 6.60. The zero-order valence-electron chi connectivity index (χ0n) is 8.31. The molecule has 0 aliphatic carbocycles. The van der Waals surface area contributed by atoms with E-state index in [1.165, 1.54) is 27.5 Å². The molecule has 2 rings (SSSR count). The Bertz CT molecular complexity index is 385. The summed E-state index contributed by atoms with van der Waals surface area (Å²) < 4.78 is 0. The molecule has 0 amide bonds. The van der Waals surface area contributed by atoms with Crippen molar-refractivity contribution >= 4 is 10.8 Å². The van der Waals surface area contributed by atoms with Gasteiger partial charge < -0.3 is 0 Å². The molecule has 0 bridgehead atoms. The molecule has 0 saturated carbocycles. The number of benzene rings is 1. The third-order valence-corrected chi connectivity index (χ3v) is 2.86. The van der Waals surface area contributed by atoms with Gasteiger partial charge in [-0.3, -0.25) is 0 Å². The summed E-state index contributed by atoms with van der Waals surface area (Å²) in [5.41, 5.74) is 4.31. The van der Waals surface area contributed by atoms with Crippen LogP contribution in [0.4, 0.5) is 0 Å². The molecule has 0 aliphatic rings. The van der Waals surface area contributed by atoms with Crippen molar-refractivity contribution in [2.75, 3.05) is 0 Å². The van der Waals surface area contributed by atoms with Crippen molar-refractivity contribution in [2.45, 2.75) is 20.8 Å². The Kier molecular flexibility index (Phi) is 3.05. The number of hydrogen-bond donors (Lipinski definition) is 0. The van der Waals surface area contributed by atoms with E-state index in [1.54, 1.807) is 0 Å². The first kappa shape index (κ1) is 10.6. The molecule has 0 unspecified atom stereocenters. The minimum atomic E-state index is 0. The molecule has 0 aliphatic heterocycles. The van der Waals surface area contributed by atoms with Crippen LogP contribution in [0.2, 0.25) is 0 Å². The summed E-state index contributed by atoms with van der Waals surface area (Å²) >= 11 is 0. The van der Waals surface area contributed by atoms with E-state index in [4.69, 9.17) is 0 Å². The molecule has 0 fully saturated rings. The van der Waals surface area contributed by atoms with Crippen LogP contribution in [0.1, 0.15) is 16.7 Å². The van der Waals surface area contributed by atoms with Crippen LogP contribution < -0.4 is 0 Å².